The summed E-state index contributed by atoms with van der Waals surface area (Å²) < 4.78 is 7.21. The minimum atomic E-state index is 0.521. The van der Waals surface area contributed by atoms with Gasteiger partial charge in [-0.15, -0.1) is 0 Å². The van der Waals surface area contributed by atoms with Crippen molar-refractivity contribution in [3.8, 4) is 0 Å². The summed E-state index contributed by atoms with van der Waals surface area (Å²) in [5, 5.41) is 7.83. The molecular weight excluding hydrogens is 214 g/mol. The predicted molar refractivity (Wildman–Crippen MR) is 67.8 cm³/mol. The van der Waals surface area contributed by atoms with Crippen LogP contribution in [0.5, 0.6) is 0 Å². The zero-order valence-electron chi connectivity index (χ0n) is 10.9. The van der Waals surface area contributed by atoms with E-state index in [1.165, 1.54) is 25.0 Å². The molecule has 1 N–H and O–H groups in total. The predicted octanol–water partition coefficient (Wildman–Crippen LogP) is 1.81. The molecule has 4 nitrogen and oxygen atoms in total. The average molecular weight is 237 g/mol. The van der Waals surface area contributed by atoms with E-state index < -0.39 is 0 Å². The van der Waals surface area contributed by atoms with Gasteiger partial charge in [0.15, 0.2) is 0 Å². The number of hydrogen-bond acceptors (Lipinski definition) is 3. The number of rotatable bonds is 8. The largest absolute Gasteiger partial charge is 0.385 e. The zero-order chi connectivity index (χ0) is 12.1. The van der Waals surface area contributed by atoms with Crippen LogP contribution >= 0.6 is 0 Å². The number of nitrogens with one attached hydrogen (secondary N) is 1. The first kappa shape index (κ1) is 12.6. The van der Waals surface area contributed by atoms with Crippen LogP contribution in [0.3, 0.4) is 0 Å². The molecule has 0 aromatic carbocycles. The first-order chi connectivity index (χ1) is 8.29. The molecule has 0 spiro atoms. The Kier molecular flexibility index (Phi) is 4.18. The lowest BCUT2D eigenvalue weighted by atomic mass is 10.0. The lowest BCUT2D eigenvalue weighted by molar-refractivity contribution is 0.171. The fourth-order valence-electron chi connectivity index (χ4n) is 2.26. The topological polar surface area (TPSA) is 39.1 Å². The summed E-state index contributed by atoms with van der Waals surface area (Å²) in [7, 11) is 1.78. The van der Waals surface area contributed by atoms with Gasteiger partial charge in [0.25, 0.3) is 0 Å². The Balaban J connectivity index is 1.72. The molecule has 1 aliphatic rings. The second-order valence-corrected chi connectivity index (χ2v) is 4.98. The van der Waals surface area contributed by atoms with Crippen LogP contribution < -0.4 is 5.32 Å². The molecule has 4 heteroatoms. The van der Waals surface area contributed by atoms with Gasteiger partial charge in [0.2, 0.25) is 0 Å². The lowest BCUT2D eigenvalue weighted by Crippen LogP contribution is -2.25. The van der Waals surface area contributed by atoms with E-state index in [9.17, 15) is 0 Å². The Bertz CT molecular complexity index is 344. The van der Waals surface area contributed by atoms with Crippen molar-refractivity contribution in [2.24, 2.45) is 5.41 Å². The molecule has 1 heterocycles. The normalized spacial score (nSPS) is 17.3. The molecule has 0 amide bonds. The van der Waals surface area contributed by atoms with Crippen LogP contribution in [0, 0.1) is 5.41 Å². The van der Waals surface area contributed by atoms with Crippen molar-refractivity contribution in [1.82, 2.24) is 15.1 Å². The van der Waals surface area contributed by atoms with Gasteiger partial charge in [0.05, 0.1) is 5.69 Å². The van der Waals surface area contributed by atoms with Gasteiger partial charge >= 0.3 is 0 Å². The van der Waals surface area contributed by atoms with Crippen LogP contribution in [0.2, 0.25) is 0 Å². The van der Waals surface area contributed by atoms with E-state index >= 15 is 0 Å². The van der Waals surface area contributed by atoms with Crippen LogP contribution in [-0.2, 0) is 17.8 Å². The fraction of sp³-hybridized carbons (Fsp3) is 0.769. The molecule has 0 unspecified atom stereocenters. The monoisotopic (exact) mass is 237 g/mol. The van der Waals surface area contributed by atoms with E-state index in [1.807, 2.05) is 10.9 Å². The maximum atomic E-state index is 5.16. The van der Waals surface area contributed by atoms with Gasteiger partial charge in [-0.05, 0) is 37.7 Å². The summed E-state index contributed by atoms with van der Waals surface area (Å²) in [4.78, 5) is 0. The van der Waals surface area contributed by atoms with Crippen LogP contribution in [0.4, 0.5) is 0 Å². The van der Waals surface area contributed by atoms with Crippen LogP contribution in [0.1, 0.15) is 31.9 Å². The molecule has 2 rings (SSSR count). The van der Waals surface area contributed by atoms with E-state index in [4.69, 9.17) is 4.74 Å². The van der Waals surface area contributed by atoms with Crippen molar-refractivity contribution in [3.05, 3.63) is 18.0 Å². The zero-order valence-corrected chi connectivity index (χ0v) is 10.9. The van der Waals surface area contributed by atoms with Gasteiger partial charge in [0, 0.05) is 39.5 Å². The van der Waals surface area contributed by atoms with Crippen LogP contribution in [-0.4, -0.2) is 30.0 Å². The van der Waals surface area contributed by atoms with E-state index in [-0.39, 0.29) is 0 Å². The van der Waals surface area contributed by atoms with E-state index in [0.29, 0.717) is 5.41 Å². The highest BCUT2D eigenvalue weighted by atomic mass is 16.5. The number of methoxy groups -OCH3 is 1. The van der Waals surface area contributed by atoms with Gasteiger partial charge < -0.3 is 10.1 Å². The van der Waals surface area contributed by atoms with Gasteiger partial charge in [-0.3, -0.25) is 4.68 Å². The molecule has 96 valence electrons. The first-order valence-electron chi connectivity index (χ1n) is 6.50. The maximum absolute atomic E-state index is 5.16. The number of aryl methyl sites for hydroxylation is 1. The van der Waals surface area contributed by atoms with Gasteiger partial charge in [0.1, 0.15) is 0 Å². The standard InChI is InChI=1S/C13H23N3O/c1-3-16-12(4-8-15-16)10-14-11-13(5-6-13)7-9-17-2/h4,8,14H,3,5-7,9-11H2,1-2H3. The molecule has 0 aliphatic heterocycles. The number of hydrogen-bond donors (Lipinski definition) is 1. The molecule has 1 saturated carbocycles. The summed E-state index contributed by atoms with van der Waals surface area (Å²) >= 11 is 0. The van der Waals surface area contributed by atoms with Crippen molar-refractivity contribution >= 4 is 0 Å². The minimum absolute atomic E-state index is 0.521. The molecule has 0 atom stereocenters. The summed E-state index contributed by atoms with van der Waals surface area (Å²) in [5.74, 6) is 0. The molecule has 1 fully saturated rings. The van der Waals surface area contributed by atoms with Gasteiger partial charge in [-0.2, -0.15) is 5.10 Å². The summed E-state index contributed by atoms with van der Waals surface area (Å²) in [6, 6.07) is 2.09. The lowest BCUT2D eigenvalue weighted by Gasteiger charge is -2.15. The number of nitrogens with zero attached hydrogens (tertiary/aromatic N) is 2. The Labute approximate surface area is 103 Å². The van der Waals surface area contributed by atoms with E-state index in [0.717, 1.165) is 26.2 Å². The van der Waals surface area contributed by atoms with Crippen molar-refractivity contribution < 1.29 is 4.74 Å². The Morgan fingerprint density at radius 1 is 1.53 bits per heavy atom. The average Bonchev–Trinajstić information content (AvgIpc) is 2.96. The third-order valence-electron chi connectivity index (χ3n) is 3.70. The van der Waals surface area contributed by atoms with Crippen LogP contribution in [0.15, 0.2) is 12.3 Å². The molecule has 1 aromatic rings. The highest BCUT2D eigenvalue weighted by molar-refractivity contribution is 5.01. The molecule has 1 aromatic heterocycles. The van der Waals surface area contributed by atoms with E-state index in [1.54, 1.807) is 7.11 Å². The molecule has 0 saturated heterocycles. The van der Waals surface area contributed by atoms with Gasteiger partial charge in [-0.25, -0.2) is 0 Å². The second kappa shape index (κ2) is 5.65. The summed E-state index contributed by atoms with van der Waals surface area (Å²) in [6.45, 7) is 5.97. The Morgan fingerprint density at radius 3 is 3.00 bits per heavy atom. The van der Waals surface area contributed by atoms with Crippen molar-refractivity contribution in [1.29, 1.82) is 0 Å². The molecule has 0 bridgehead atoms. The quantitative estimate of drug-likeness (QED) is 0.749. The maximum Gasteiger partial charge on any atom is 0.0521 e. The van der Waals surface area contributed by atoms with Crippen molar-refractivity contribution in [2.75, 3.05) is 20.3 Å². The fourth-order valence-corrected chi connectivity index (χ4v) is 2.26. The Hall–Kier alpha value is -0.870. The highest BCUT2D eigenvalue weighted by Crippen LogP contribution is 2.48. The molecule has 17 heavy (non-hydrogen) atoms. The van der Waals surface area contributed by atoms with Crippen molar-refractivity contribution in [2.45, 2.75) is 39.3 Å². The SMILES string of the molecule is CCn1nccc1CNCC1(CCOC)CC1. The van der Waals surface area contributed by atoms with Gasteiger partial charge in [-0.1, -0.05) is 0 Å². The third-order valence-corrected chi connectivity index (χ3v) is 3.70. The summed E-state index contributed by atoms with van der Waals surface area (Å²) in [5.41, 5.74) is 1.79. The number of aromatic nitrogens is 2. The molecule has 1 aliphatic carbocycles. The minimum Gasteiger partial charge on any atom is -0.385 e. The van der Waals surface area contributed by atoms with E-state index in [2.05, 4.69) is 23.4 Å². The molecular formula is C13H23N3O. The smallest absolute Gasteiger partial charge is 0.0521 e. The second-order valence-electron chi connectivity index (χ2n) is 4.98. The Morgan fingerprint density at radius 2 is 2.35 bits per heavy atom. The number of ether oxygens (including phenoxy) is 1. The third kappa shape index (κ3) is 3.30. The van der Waals surface area contributed by atoms with Crippen LogP contribution in [0.25, 0.3) is 0 Å². The molecule has 0 radical (unpaired) electrons. The first-order valence-corrected chi connectivity index (χ1v) is 6.50. The highest BCUT2D eigenvalue weighted by Gasteiger charge is 2.41. The van der Waals surface area contributed by atoms with Crippen molar-refractivity contribution in [3.63, 3.8) is 0 Å². The summed E-state index contributed by atoms with van der Waals surface area (Å²) in [6.07, 6.45) is 5.74.